The summed E-state index contributed by atoms with van der Waals surface area (Å²) in [5.74, 6) is 3.67. The van der Waals surface area contributed by atoms with Crippen molar-refractivity contribution in [1.82, 2.24) is 9.80 Å². The summed E-state index contributed by atoms with van der Waals surface area (Å²) in [7, 11) is 0. The maximum absolute atomic E-state index is 5.59. The second kappa shape index (κ2) is 10.5. The molecular formula is C30H40N2O4. The van der Waals surface area contributed by atoms with Gasteiger partial charge in [-0.05, 0) is 99.1 Å². The zero-order valence-electron chi connectivity index (χ0n) is 21.9. The summed E-state index contributed by atoms with van der Waals surface area (Å²) in [6.45, 7) is 9.89. The molecule has 2 unspecified atom stereocenters. The summed E-state index contributed by atoms with van der Waals surface area (Å²) in [5.41, 5.74) is 5.69. The Morgan fingerprint density at radius 3 is 1.33 bits per heavy atom. The van der Waals surface area contributed by atoms with Gasteiger partial charge in [-0.15, -0.1) is 0 Å². The van der Waals surface area contributed by atoms with Gasteiger partial charge in [0, 0.05) is 25.2 Å². The van der Waals surface area contributed by atoms with Gasteiger partial charge in [0.15, 0.2) is 23.0 Å². The predicted octanol–water partition coefficient (Wildman–Crippen LogP) is 5.68. The fourth-order valence-electron chi connectivity index (χ4n) is 6.31. The van der Waals surface area contributed by atoms with Crippen LogP contribution in [0.3, 0.4) is 0 Å². The molecule has 0 fully saturated rings. The number of fused-ring (bicyclic) bond motifs is 4. The van der Waals surface area contributed by atoms with Gasteiger partial charge in [0.05, 0.1) is 0 Å². The van der Waals surface area contributed by atoms with Crippen LogP contribution in [0.2, 0.25) is 0 Å². The highest BCUT2D eigenvalue weighted by Gasteiger charge is 2.27. The van der Waals surface area contributed by atoms with Crippen LogP contribution in [0.4, 0.5) is 0 Å². The van der Waals surface area contributed by atoms with Gasteiger partial charge in [-0.1, -0.05) is 25.7 Å². The van der Waals surface area contributed by atoms with Gasteiger partial charge in [0.25, 0.3) is 0 Å². The molecule has 6 nitrogen and oxygen atoms in total. The van der Waals surface area contributed by atoms with Crippen molar-refractivity contribution in [2.45, 2.75) is 90.4 Å². The maximum atomic E-state index is 5.59. The first-order valence-corrected chi connectivity index (χ1v) is 13.9. The van der Waals surface area contributed by atoms with Crippen molar-refractivity contribution in [2.75, 3.05) is 26.7 Å². The Hall–Kier alpha value is -2.44. The molecule has 0 aliphatic carbocycles. The quantitative estimate of drug-likeness (QED) is 0.420. The Kier molecular flexibility index (Phi) is 6.98. The molecular weight excluding hydrogens is 452 g/mol. The zero-order valence-corrected chi connectivity index (χ0v) is 21.9. The Labute approximate surface area is 215 Å². The lowest BCUT2D eigenvalue weighted by Gasteiger charge is -2.35. The third kappa shape index (κ3) is 5.03. The molecule has 194 valence electrons. The van der Waals surface area contributed by atoms with E-state index in [1.54, 1.807) is 0 Å². The Balaban J connectivity index is 0.879. The first-order chi connectivity index (χ1) is 17.6. The molecule has 4 aliphatic rings. The van der Waals surface area contributed by atoms with E-state index in [9.17, 15) is 0 Å². The van der Waals surface area contributed by atoms with E-state index in [2.05, 4.69) is 47.9 Å². The van der Waals surface area contributed by atoms with Crippen LogP contribution < -0.4 is 18.9 Å². The molecule has 0 saturated heterocycles. The standard InChI is InChI=1S/C30H40N2O4/c1-21-11-23-13-27-29(35-19-33-27)15-25(23)17-31(21)9-7-5-3-4-6-8-10-32-18-26-16-30-28(34-20-36-30)14-24(26)12-22(32)2/h13-16,21-22H,3-12,17-20H2,1-2H3. The average Bonchev–Trinajstić information content (AvgIpc) is 3.52. The van der Waals surface area contributed by atoms with E-state index in [1.807, 2.05) is 0 Å². The minimum atomic E-state index is 0.357. The summed E-state index contributed by atoms with van der Waals surface area (Å²) in [6.07, 6.45) is 10.2. The largest absolute Gasteiger partial charge is 0.454 e. The van der Waals surface area contributed by atoms with Gasteiger partial charge in [-0.2, -0.15) is 0 Å². The van der Waals surface area contributed by atoms with Crippen LogP contribution in [0.25, 0.3) is 0 Å². The van der Waals surface area contributed by atoms with Gasteiger partial charge in [0.1, 0.15) is 0 Å². The van der Waals surface area contributed by atoms with E-state index in [0.717, 1.165) is 48.9 Å². The van der Waals surface area contributed by atoms with Gasteiger partial charge in [-0.3, -0.25) is 9.80 Å². The summed E-state index contributed by atoms with van der Waals surface area (Å²) in [4.78, 5) is 5.29. The number of nitrogens with zero attached hydrogens (tertiary/aromatic N) is 2. The molecule has 36 heavy (non-hydrogen) atoms. The summed E-state index contributed by atoms with van der Waals surface area (Å²) in [5, 5.41) is 0. The van der Waals surface area contributed by atoms with Crippen LogP contribution in [0.1, 0.15) is 74.6 Å². The van der Waals surface area contributed by atoms with Gasteiger partial charge in [-0.25, -0.2) is 0 Å². The third-order valence-corrected chi connectivity index (χ3v) is 8.55. The van der Waals surface area contributed by atoms with E-state index in [4.69, 9.17) is 18.9 Å². The number of hydrogen-bond acceptors (Lipinski definition) is 6. The summed E-state index contributed by atoms with van der Waals surface area (Å²) in [6, 6.07) is 9.98. The predicted molar refractivity (Wildman–Crippen MR) is 140 cm³/mol. The molecule has 2 aromatic rings. The smallest absolute Gasteiger partial charge is 0.231 e. The van der Waals surface area contributed by atoms with E-state index < -0.39 is 0 Å². The van der Waals surface area contributed by atoms with Gasteiger partial charge >= 0.3 is 0 Å². The lowest BCUT2D eigenvalue weighted by Crippen LogP contribution is -2.39. The molecule has 0 radical (unpaired) electrons. The number of benzene rings is 2. The SMILES string of the molecule is CC1Cc2cc3c(cc2CN1CCCCCCCCN1Cc2cc4c(cc2CC1C)OCO4)OCO3. The molecule has 2 atom stereocenters. The monoisotopic (exact) mass is 492 g/mol. The molecule has 6 heteroatoms. The van der Waals surface area contributed by atoms with Crippen molar-refractivity contribution in [3.05, 3.63) is 46.5 Å². The van der Waals surface area contributed by atoms with Gasteiger partial charge < -0.3 is 18.9 Å². The second-order valence-corrected chi connectivity index (χ2v) is 11.1. The summed E-state index contributed by atoms with van der Waals surface area (Å²) >= 11 is 0. The highest BCUT2D eigenvalue weighted by atomic mass is 16.7. The Morgan fingerprint density at radius 1 is 0.556 bits per heavy atom. The maximum Gasteiger partial charge on any atom is 0.231 e. The van der Waals surface area contributed by atoms with E-state index in [-0.39, 0.29) is 0 Å². The average molecular weight is 493 g/mol. The first-order valence-electron chi connectivity index (χ1n) is 13.9. The lowest BCUT2D eigenvalue weighted by molar-refractivity contribution is 0.173. The lowest BCUT2D eigenvalue weighted by atomic mass is 9.93. The molecule has 4 aliphatic heterocycles. The molecule has 0 amide bonds. The number of ether oxygens (including phenoxy) is 4. The first kappa shape index (κ1) is 23.9. The minimum absolute atomic E-state index is 0.357. The number of unbranched alkanes of at least 4 members (excludes halogenated alkanes) is 5. The van der Waals surface area contributed by atoms with Crippen LogP contribution in [0.15, 0.2) is 24.3 Å². The van der Waals surface area contributed by atoms with E-state index in [1.165, 1.54) is 73.9 Å². The van der Waals surface area contributed by atoms with Crippen molar-refractivity contribution < 1.29 is 18.9 Å². The molecule has 0 N–H and O–H groups in total. The molecule has 4 heterocycles. The van der Waals surface area contributed by atoms with Crippen molar-refractivity contribution in [3.8, 4) is 23.0 Å². The number of hydrogen-bond donors (Lipinski definition) is 0. The van der Waals surface area contributed by atoms with E-state index >= 15 is 0 Å². The Bertz CT molecular complexity index is 1000. The van der Waals surface area contributed by atoms with Crippen LogP contribution in [-0.4, -0.2) is 48.6 Å². The molecule has 2 aromatic carbocycles. The van der Waals surface area contributed by atoms with Crippen LogP contribution >= 0.6 is 0 Å². The third-order valence-electron chi connectivity index (χ3n) is 8.55. The van der Waals surface area contributed by atoms with Crippen molar-refractivity contribution in [3.63, 3.8) is 0 Å². The zero-order chi connectivity index (χ0) is 24.5. The molecule has 0 aromatic heterocycles. The fraction of sp³-hybridized carbons (Fsp3) is 0.600. The molecule has 0 spiro atoms. The van der Waals surface area contributed by atoms with Crippen LogP contribution in [0, 0.1) is 0 Å². The summed E-state index contributed by atoms with van der Waals surface area (Å²) < 4.78 is 22.3. The molecule has 0 bridgehead atoms. The van der Waals surface area contributed by atoms with Crippen LogP contribution in [-0.2, 0) is 25.9 Å². The second-order valence-electron chi connectivity index (χ2n) is 11.1. The topological polar surface area (TPSA) is 43.4 Å². The highest BCUT2D eigenvalue weighted by molar-refractivity contribution is 5.50. The van der Waals surface area contributed by atoms with E-state index in [0.29, 0.717) is 25.7 Å². The number of rotatable bonds is 9. The van der Waals surface area contributed by atoms with Crippen molar-refractivity contribution in [1.29, 1.82) is 0 Å². The van der Waals surface area contributed by atoms with Crippen molar-refractivity contribution >= 4 is 0 Å². The molecule has 6 rings (SSSR count). The Morgan fingerprint density at radius 2 is 0.917 bits per heavy atom. The normalized spacial score (nSPS) is 22.5. The van der Waals surface area contributed by atoms with Crippen LogP contribution in [0.5, 0.6) is 23.0 Å². The van der Waals surface area contributed by atoms with Gasteiger partial charge in [0.2, 0.25) is 13.6 Å². The molecule has 0 saturated carbocycles. The fourth-order valence-corrected chi connectivity index (χ4v) is 6.31. The minimum Gasteiger partial charge on any atom is -0.454 e. The van der Waals surface area contributed by atoms with Crippen molar-refractivity contribution in [2.24, 2.45) is 0 Å². The highest BCUT2D eigenvalue weighted by Crippen LogP contribution is 2.39.